The maximum Gasteiger partial charge on any atom is 0.0795 e. The maximum atomic E-state index is 6.07. The molecule has 2 aliphatic heterocycles. The van der Waals surface area contributed by atoms with Gasteiger partial charge in [-0.25, -0.2) is 0 Å². The van der Waals surface area contributed by atoms with Crippen molar-refractivity contribution in [3.63, 3.8) is 0 Å². The van der Waals surface area contributed by atoms with Crippen molar-refractivity contribution in [3.05, 3.63) is 30.1 Å². The van der Waals surface area contributed by atoms with Gasteiger partial charge in [0.2, 0.25) is 0 Å². The van der Waals surface area contributed by atoms with Crippen LogP contribution in [-0.2, 0) is 4.74 Å². The number of nitrogens with one attached hydrogen (secondary N) is 1. The first-order valence-electron chi connectivity index (χ1n) is 7.16. The van der Waals surface area contributed by atoms with E-state index in [1.54, 1.807) is 0 Å². The Balaban J connectivity index is 1.60. The molecule has 0 bridgehead atoms. The molecule has 3 heterocycles. The van der Waals surface area contributed by atoms with Gasteiger partial charge in [-0.1, -0.05) is 6.07 Å². The van der Waals surface area contributed by atoms with Crippen molar-refractivity contribution in [2.45, 2.75) is 43.9 Å². The predicted octanol–water partition coefficient (Wildman–Crippen LogP) is 2.79. The number of hydrogen-bond donors (Lipinski definition) is 1. The van der Waals surface area contributed by atoms with E-state index in [2.05, 4.69) is 29.4 Å². The van der Waals surface area contributed by atoms with Crippen LogP contribution in [0.25, 0.3) is 0 Å². The summed E-state index contributed by atoms with van der Waals surface area (Å²) in [5.74, 6) is 2.42. The van der Waals surface area contributed by atoms with Crippen LogP contribution < -0.4 is 5.32 Å². The first-order chi connectivity index (χ1) is 9.27. The quantitative estimate of drug-likeness (QED) is 0.922. The molecule has 2 fully saturated rings. The normalized spacial score (nSPS) is 32.6. The summed E-state index contributed by atoms with van der Waals surface area (Å²) in [4.78, 5) is 4.44. The third-order valence-corrected chi connectivity index (χ3v) is 5.40. The van der Waals surface area contributed by atoms with E-state index in [0.29, 0.717) is 12.1 Å². The Bertz CT molecular complexity index is 406. The Labute approximate surface area is 119 Å². The molecule has 1 aromatic heterocycles. The van der Waals surface area contributed by atoms with Crippen molar-refractivity contribution in [1.29, 1.82) is 0 Å². The number of aromatic nitrogens is 1. The van der Waals surface area contributed by atoms with Crippen molar-refractivity contribution in [2.24, 2.45) is 0 Å². The average molecular weight is 278 g/mol. The highest BCUT2D eigenvalue weighted by atomic mass is 32.2. The van der Waals surface area contributed by atoms with E-state index >= 15 is 0 Å². The summed E-state index contributed by atoms with van der Waals surface area (Å²) in [7, 11) is 0. The van der Waals surface area contributed by atoms with E-state index in [9.17, 15) is 0 Å². The SMILES string of the molecule is C[C@H](NC1CCOC2(CCSC2)C1)c1ccccn1. The smallest absolute Gasteiger partial charge is 0.0795 e. The van der Waals surface area contributed by atoms with Crippen LogP contribution in [0, 0.1) is 0 Å². The zero-order valence-electron chi connectivity index (χ0n) is 11.5. The van der Waals surface area contributed by atoms with Crippen molar-refractivity contribution in [1.82, 2.24) is 10.3 Å². The first kappa shape index (κ1) is 13.4. The fraction of sp³-hybridized carbons (Fsp3) is 0.667. The summed E-state index contributed by atoms with van der Waals surface area (Å²) in [6.07, 6.45) is 5.35. The van der Waals surface area contributed by atoms with Gasteiger partial charge in [0.1, 0.15) is 0 Å². The van der Waals surface area contributed by atoms with Crippen molar-refractivity contribution in [2.75, 3.05) is 18.1 Å². The molecule has 4 heteroatoms. The van der Waals surface area contributed by atoms with E-state index in [4.69, 9.17) is 4.74 Å². The van der Waals surface area contributed by atoms with Crippen LogP contribution in [0.15, 0.2) is 24.4 Å². The number of nitrogens with zero attached hydrogens (tertiary/aromatic N) is 1. The molecule has 3 atom stereocenters. The largest absolute Gasteiger partial charge is 0.374 e. The number of hydrogen-bond acceptors (Lipinski definition) is 4. The minimum atomic E-state index is 0.157. The molecule has 19 heavy (non-hydrogen) atoms. The Morgan fingerprint density at radius 3 is 3.21 bits per heavy atom. The van der Waals surface area contributed by atoms with Crippen LogP contribution in [0.2, 0.25) is 0 Å². The molecular weight excluding hydrogens is 256 g/mol. The molecular formula is C15H22N2OS. The molecule has 0 radical (unpaired) electrons. The summed E-state index contributed by atoms with van der Waals surface area (Å²) < 4.78 is 6.07. The minimum absolute atomic E-state index is 0.157. The van der Waals surface area contributed by atoms with Crippen molar-refractivity contribution < 1.29 is 4.74 Å². The Morgan fingerprint density at radius 2 is 2.47 bits per heavy atom. The van der Waals surface area contributed by atoms with Gasteiger partial charge < -0.3 is 10.1 Å². The minimum Gasteiger partial charge on any atom is -0.374 e. The van der Waals surface area contributed by atoms with Gasteiger partial charge in [0, 0.05) is 30.6 Å². The van der Waals surface area contributed by atoms with Gasteiger partial charge in [-0.05, 0) is 44.1 Å². The highest BCUT2D eigenvalue weighted by Gasteiger charge is 2.40. The van der Waals surface area contributed by atoms with Crippen LogP contribution in [0.5, 0.6) is 0 Å². The number of rotatable bonds is 3. The molecule has 2 saturated heterocycles. The Kier molecular flexibility index (Phi) is 4.10. The van der Waals surface area contributed by atoms with Gasteiger partial charge in [-0.15, -0.1) is 0 Å². The third kappa shape index (κ3) is 3.12. The van der Waals surface area contributed by atoms with Crippen LogP contribution in [0.4, 0.5) is 0 Å². The summed E-state index contributed by atoms with van der Waals surface area (Å²) in [5.41, 5.74) is 1.29. The van der Waals surface area contributed by atoms with Crippen LogP contribution >= 0.6 is 11.8 Å². The standard InChI is InChI=1S/C15H22N2OS/c1-12(14-4-2-3-7-16-14)17-13-5-8-18-15(10-13)6-9-19-11-15/h2-4,7,12-13,17H,5-6,8-11H2,1H3/t12-,13?,15?/m0/s1. The third-order valence-electron chi connectivity index (χ3n) is 4.18. The lowest BCUT2D eigenvalue weighted by atomic mass is 9.89. The van der Waals surface area contributed by atoms with Crippen molar-refractivity contribution in [3.8, 4) is 0 Å². The van der Waals surface area contributed by atoms with Gasteiger partial charge in [0.15, 0.2) is 0 Å². The van der Waals surface area contributed by atoms with Crippen LogP contribution in [0.3, 0.4) is 0 Å². The molecule has 1 spiro atoms. The Morgan fingerprint density at radius 1 is 1.53 bits per heavy atom. The molecule has 2 unspecified atom stereocenters. The lowest BCUT2D eigenvalue weighted by Gasteiger charge is -2.39. The van der Waals surface area contributed by atoms with Gasteiger partial charge in [0.05, 0.1) is 11.3 Å². The second-order valence-electron chi connectivity index (χ2n) is 5.67. The van der Waals surface area contributed by atoms with E-state index in [-0.39, 0.29) is 5.60 Å². The highest BCUT2D eigenvalue weighted by Crippen LogP contribution is 2.38. The molecule has 1 aromatic rings. The fourth-order valence-electron chi connectivity index (χ4n) is 3.10. The highest BCUT2D eigenvalue weighted by molar-refractivity contribution is 7.99. The van der Waals surface area contributed by atoms with Crippen molar-refractivity contribution >= 4 is 11.8 Å². The van der Waals surface area contributed by atoms with Gasteiger partial charge in [-0.2, -0.15) is 11.8 Å². The lowest BCUT2D eigenvalue weighted by molar-refractivity contribution is -0.0712. The maximum absolute atomic E-state index is 6.07. The van der Waals surface area contributed by atoms with Crippen LogP contribution in [0.1, 0.15) is 37.9 Å². The monoisotopic (exact) mass is 278 g/mol. The molecule has 0 aliphatic carbocycles. The molecule has 2 aliphatic rings. The zero-order chi connectivity index (χ0) is 13.1. The second-order valence-corrected chi connectivity index (χ2v) is 6.77. The number of pyridine rings is 1. The molecule has 0 saturated carbocycles. The van der Waals surface area contributed by atoms with E-state index in [1.807, 2.05) is 24.0 Å². The molecule has 3 rings (SSSR count). The average Bonchev–Trinajstić information content (AvgIpc) is 2.88. The molecule has 0 amide bonds. The topological polar surface area (TPSA) is 34.1 Å². The summed E-state index contributed by atoms with van der Waals surface area (Å²) in [6.45, 7) is 3.10. The van der Waals surface area contributed by atoms with E-state index in [1.165, 1.54) is 17.9 Å². The Hall–Kier alpha value is -0.580. The van der Waals surface area contributed by atoms with E-state index in [0.717, 1.165) is 25.1 Å². The van der Waals surface area contributed by atoms with Gasteiger partial charge >= 0.3 is 0 Å². The fourth-order valence-corrected chi connectivity index (χ4v) is 4.48. The molecule has 1 N–H and O–H groups in total. The number of thioether (sulfide) groups is 1. The lowest BCUT2D eigenvalue weighted by Crippen LogP contribution is -2.47. The summed E-state index contributed by atoms with van der Waals surface area (Å²) in [5, 5.41) is 3.73. The first-order valence-corrected chi connectivity index (χ1v) is 8.32. The summed E-state index contributed by atoms with van der Waals surface area (Å²) in [6, 6.07) is 6.99. The molecule has 3 nitrogen and oxygen atoms in total. The zero-order valence-corrected chi connectivity index (χ0v) is 12.3. The van der Waals surface area contributed by atoms with Gasteiger partial charge in [0.25, 0.3) is 0 Å². The summed E-state index contributed by atoms with van der Waals surface area (Å²) >= 11 is 2.03. The van der Waals surface area contributed by atoms with Gasteiger partial charge in [-0.3, -0.25) is 4.98 Å². The van der Waals surface area contributed by atoms with Crippen LogP contribution in [-0.4, -0.2) is 34.7 Å². The second kappa shape index (κ2) is 5.81. The number of ether oxygens (including phenoxy) is 1. The molecule has 104 valence electrons. The predicted molar refractivity (Wildman–Crippen MR) is 79.4 cm³/mol. The van der Waals surface area contributed by atoms with E-state index < -0.39 is 0 Å². The molecule has 0 aromatic carbocycles.